The zero-order valence-corrected chi connectivity index (χ0v) is 17.9. The first-order valence-corrected chi connectivity index (χ1v) is 11.0. The molecular weight excluding hydrogens is 382 g/mol. The molecule has 4 heteroatoms. The Morgan fingerprint density at radius 3 is 2.41 bits per heavy atom. The minimum atomic E-state index is -0.289. The van der Waals surface area contributed by atoms with Crippen molar-refractivity contribution in [2.24, 2.45) is 17.3 Å². The summed E-state index contributed by atoms with van der Waals surface area (Å²) in [7, 11) is 1.62. The average molecular weight is 410 g/mol. The molecule has 4 bridgehead atoms. The molecule has 4 atom stereocenters. The van der Waals surface area contributed by atoms with Gasteiger partial charge in [0, 0.05) is 5.02 Å². The second-order valence-electron chi connectivity index (χ2n) is 9.69. The monoisotopic (exact) mass is 409 g/mol. The predicted octanol–water partition coefficient (Wildman–Crippen LogP) is 6.13. The van der Waals surface area contributed by atoms with E-state index in [1.54, 1.807) is 19.2 Å². The molecule has 6 rings (SSSR count). The topological polar surface area (TPSA) is 38.3 Å². The van der Waals surface area contributed by atoms with Crippen molar-refractivity contribution >= 4 is 23.2 Å². The van der Waals surface area contributed by atoms with Gasteiger partial charge in [-0.1, -0.05) is 41.4 Å². The number of halogens is 1. The van der Waals surface area contributed by atoms with Gasteiger partial charge in [-0.15, -0.1) is 0 Å². The maximum Gasteiger partial charge on any atom is 0.230 e. The predicted molar refractivity (Wildman–Crippen MR) is 117 cm³/mol. The summed E-state index contributed by atoms with van der Waals surface area (Å²) in [6, 6.07) is 14.4. The standard InChI is InChI=1S/C25H28ClNO2/c1-16-3-5-19(6-4-16)24-11-17-9-18(12-24)14-25(13-17,15-24)23(28)27-21-10-20(26)7-8-22(21)29-2/h3-8,10,17-18H,9,11-15H2,1-2H3,(H,27,28)/t17-,18+,24?,25?. The molecule has 29 heavy (non-hydrogen) atoms. The van der Waals surface area contributed by atoms with Crippen molar-refractivity contribution in [2.75, 3.05) is 12.4 Å². The summed E-state index contributed by atoms with van der Waals surface area (Å²) in [5.41, 5.74) is 3.24. The highest BCUT2D eigenvalue weighted by atomic mass is 35.5. The first-order valence-electron chi connectivity index (χ1n) is 10.6. The first kappa shape index (κ1) is 19.0. The average Bonchev–Trinajstić information content (AvgIpc) is 2.67. The second kappa shape index (κ2) is 6.77. The molecule has 0 saturated heterocycles. The second-order valence-corrected chi connectivity index (χ2v) is 10.1. The minimum absolute atomic E-state index is 0.142. The summed E-state index contributed by atoms with van der Waals surface area (Å²) >= 11 is 6.18. The molecule has 4 saturated carbocycles. The van der Waals surface area contributed by atoms with E-state index in [4.69, 9.17) is 16.3 Å². The van der Waals surface area contributed by atoms with Crippen LogP contribution in [0.1, 0.15) is 49.7 Å². The van der Waals surface area contributed by atoms with Crippen LogP contribution in [0.3, 0.4) is 0 Å². The summed E-state index contributed by atoms with van der Waals surface area (Å²) in [6.45, 7) is 2.14. The number of ether oxygens (including phenoxy) is 1. The quantitative estimate of drug-likeness (QED) is 0.659. The molecule has 0 heterocycles. The van der Waals surface area contributed by atoms with Crippen molar-refractivity contribution in [3.05, 3.63) is 58.6 Å². The molecule has 152 valence electrons. The van der Waals surface area contributed by atoms with Crippen molar-refractivity contribution in [2.45, 2.75) is 50.9 Å². The van der Waals surface area contributed by atoms with Crippen LogP contribution in [0.25, 0.3) is 0 Å². The van der Waals surface area contributed by atoms with Gasteiger partial charge in [0.05, 0.1) is 18.2 Å². The first-order chi connectivity index (χ1) is 13.9. The van der Waals surface area contributed by atoms with Gasteiger partial charge >= 0.3 is 0 Å². The van der Waals surface area contributed by atoms with Gasteiger partial charge in [0.1, 0.15) is 5.75 Å². The van der Waals surface area contributed by atoms with Crippen LogP contribution in [0.5, 0.6) is 5.75 Å². The number of methoxy groups -OCH3 is 1. The summed E-state index contributed by atoms with van der Waals surface area (Å²) in [4.78, 5) is 13.7. The maximum absolute atomic E-state index is 13.7. The zero-order valence-electron chi connectivity index (χ0n) is 17.1. The smallest absolute Gasteiger partial charge is 0.230 e. The zero-order chi connectivity index (χ0) is 20.2. The molecule has 0 aliphatic heterocycles. The number of hydrogen-bond acceptors (Lipinski definition) is 2. The van der Waals surface area contributed by atoms with Crippen LogP contribution < -0.4 is 10.1 Å². The van der Waals surface area contributed by atoms with E-state index in [2.05, 4.69) is 36.5 Å². The number of aryl methyl sites for hydroxylation is 1. The van der Waals surface area contributed by atoms with Crippen LogP contribution in [0.2, 0.25) is 5.02 Å². The van der Waals surface area contributed by atoms with Crippen LogP contribution >= 0.6 is 11.6 Å². The molecule has 3 nitrogen and oxygen atoms in total. The van der Waals surface area contributed by atoms with Gasteiger partial charge in [-0.3, -0.25) is 4.79 Å². The van der Waals surface area contributed by atoms with Crippen molar-refractivity contribution in [3.63, 3.8) is 0 Å². The number of hydrogen-bond donors (Lipinski definition) is 1. The Morgan fingerprint density at radius 2 is 1.76 bits per heavy atom. The normalized spacial score (nSPS) is 32.2. The molecule has 4 fully saturated rings. The lowest BCUT2D eigenvalue weighted by atomic mass is 9.42. The van der Waals surface area contributed by atoms with Gasteiger partial charge in [0.2, 0.25) is 5.91 Å². The van der Waals surface area contributed by atoms with Gasteiger partial charge in [-0.05, 0) is 86.5 Å². The van der Waals surface area contributed by atoms with Gasteiger partial charge in [0.25, 0.3) is 0 Å². The highest BCUT2D eigenvalue weighted by Gasteiger charge is 2.60. The third kappa shape index (κ3) is 3.15. The SMILES string of the molecule is COc1ccc(Cl)cc1NC(=O)C12C[C@H]3C[C@@H](C1)CC(c1ccc(C)cc1)(C3)C2. The molecule has 0 radical (unpaired) electrons. The van der Waals surface area contributed by atoms with E-state index in [1.165, 1.54) is 30.4 Å². The number of carbonyl (C=O) groups is 1. The van der Waals surface area contributed by atoms with Gasteiger partial charge in [0.15, 0.2) is 0 Å². The fourth-order valence-corrected chi connectivity index (χ4v) is 6.98. The van der Waals surface area contributed by atoms with Crippen molar-refractivity contribution in [1.29, 1.82) is 0 Å². The van der Waals surface area contributed by atoms with E-state index in [1.807, 2.05) is 6.07 Å². The van der Waals surface area contributed by atoms with Crippen molar-refractivity contribution in [3.8, 4) is 5.75 Å². The summed E-state index contributed by atoms with van der Waals surface area (Å²) in [5, 5.41) is 3.79. The Labute approximate surface area is 177 Å². The Hall–Kier alpha value is -2.00. The molecular formula is C25H28ClNO2. The molecule has 1 amide bonds. The third-order valence-electron chi connectivity index (χ3n) is 7.62. The molecule has 2 aromatic carbocycles. The van der Waals surface area contributed by atoms with E-state index in [0.29, 0.717) is 28.3 Å². The van der Waals surface area contributed by atoms with Crippen LogP contribution in [0.15, 0.2) is 42.5 Å². The van der Waals surface area contributed by atoms with Gasteiger partial charge in [-0.2, -0.15) is 0 Å². The van der Waals surface area contributed by atoms with Gasteiger partial charge < -0.3 is 10.1 Å². The third-order valence-corrected chi connectivity index (χ3v) is 7.85. The number of carbonyl (C=O) groups excluding carboxylic acids is 1. The number of rotatable bonds is 4. The summed E-state index contributed by atoms with van der Waals surface area (Å²) in [5.74, 6) is 2.08. The molecule has 2 aromatic rings. The molecule has 4 aliphatic carbocycles. The van der Waals surface area contributed by atoms with Gasteiger partial charge in [-0.25, -0.2) is 0 Å². The fraction of sp³-hybridized carbons (Fsp3) is 0.480. The summed E-state index contributed by atoms with van der Waals surface area (Å²) in [6.07, 6.45) is 6.69. The molecule has 4 aliphatic rings. The molecule has 1 N–H and O–H groups in total. The van der Waals surface area contributed by atoms with Crippen LogP contribution in [-0.4, -0.2) is 13.0 Å². The number of anilines is 1. The Balaban J connectivity index is 1.48. The number of nitrogens with one attached hydrogen (secondary N) is 1. The Morgan fingerprint density at radius 1 is 1.07 bits per heavy atom. The van der Waals surface area contributed by atoms with Crippen LogP contribution in [-0.2, 0) is 10.2 Å². The molecule has 0 spiro atoms. The number of benzene rings is 2. The molecule has 0 aromatic heterocycles. The maximum atomic E-state index is 13.7. The Kier molecular flexibility index (Phi) is 4.43. The minimum Gasteiger partial charge on any atom is -0.495 e. The number of amides is 1. The van der Waals surface area contributed by atoms with E-state index < -0.39 is 0 Å². The fourth-order valence-electron chi connectivity index (χ4n) is 6.81. The largest absolute Gasteiger partial charge is 0.495 e. The van der Waals surface area contributed by atoms with E-state index >= 15 is 0 Å². The van der Waals surface area contributed by atoms with E-state index in [-0.39, 0.29) is 16.7 Å². The highest BCUT2D eigenvalue weighted by molar-refractivity contribution is 6.31. The van der Waals surface area contributed by atoms with Crippen molar-refractivity contribution < 1.29 is 9.53 Å². The van der Waals surface area contributed by atoms with Crippen molar-refractivity contribution in [1.82, 2.24) is 0 Å². The lowest BCUT2D eigenvalue weighted by Gasteiger charge is -2.61. The van der Waals surface area contributed by atoms with Crippen LogP contribution in [0.4, 0.5) is 5.69 Å². The van der Waals surface area contributed by atoms with E-state index in [0.717, 1.165) is 19.3 Å². The van der Waals surface area contributed by atoms with E-state index in [9.17, 15) is 4.79 Å². The highest BCUT2D eigenvalue weighted by Crippen LogP contribution is 2.66. The molecule has 2 unspecified atom stereocenters. The lowest BCUT2D eigenvalue weighted by Crippen LogP contribution is -2.58. The summed E-state index contributed by atoms with van der Waals surface area (Å²) < 4.78 is 5.45. The lowest BCUT2D eigenvalue weighted by molar-refractivity contribution is -0.143. The Bertz CT molecular complexity index is 938. The van der Waals surface area contributed by atoms with Crippen LogP contribution in [0, 0.1) is 24.2 Å².